The molecule has 8 heteroatoms. The zero-order valence-electron chi connectivity index (χ0n) is 18.4. The summed E-state index contributed by atoms with van der Waals surface area (Å²) < 4.78 is 5.43. The smallest absolute Gasteiger partial charge is 0.150 e. The van der Waals surface area contributed by atoms with Gasteiger partial charge in [0, 0.05) is 36.6 Å². The molecule has 1 fully saturated rings. The van der Waals surface area contributed by atoms with Crippen LogP contribution in [0.1, 0.15) is 11.1 Å². The molecule has 3 aliphatic heterocycles. The van der Waals surface area contributed by atoms with Crippen LogP contribution >= 0.6 is 11.8 Å². The number of aliphatic imine (C=N–C) groups is 1. The maximum absolute atomic E-state index is 6.63. The zero-order chi connectivity index (χ0) is 22.8. The normalized spacial score (nSPS) is 23.1. The van der Waals surface area contributed by atoms with Crippen molar-refractivity contribution in [3.05, 3.63) is 70.4 Å². The fourth-order valence-electron chi connectivity index (χ4n) is 4.31. The fraction of sp³-hybridized carbons (Fsp3) is 0.320. The summed E-state index contributed by atoms with van der Waals surface area (Å²) in [6.07, 6.45) is 7.97. The Morgan fingerprint density at radius 3 is 2.64 bits per heavy atom. The minimum Gasteiger partial charge on any atom is -0.379 e. The quantitative estimate of drug-likeness (QED) is 0.663. The Kier molecular flexibility index (Phi) is 6.40. The highest BCUT2D eigenvalue weighted by molar-refractivity contribution is 8.04. The number of thioether (sulfide) groups is 1. The molecule has 5 rings (SSSR count). The molecule has 33 heavy (non-hydrogen) atoms. The van der Waals surface area contributed by atoms with Crippen LogP contribution in [0, 0.1) is 12.3 Å². The molecule has 1 saturated heterocycles. The largest absolute Gasteiger partial charge is 0.379 e. The van der Waals surface area contributed by atoms with Crippen molar-refractivity contribution >= 4 is 29.5 Å². The Bertz CT molecular complexity index is 1100. The highest BCUT2D eigenvalue weighted by Crippen LogP contribution is 2.43. The van der Waals surface area contributed by atoms with Crippen molar-refractivity contribution in [1.29, 1.82) is 0 Å². The second-order valence-corrected chi connectivity index (χ2v) is 9.39. The Morgan fingerprint density at radius 1 is 1.09 bits per heavy atom. The number of morpholine rings is 1. The first-order valence-corrected chi connectivity index (χ1v) is 12.0. The van der Waals surface area contributed by atoms with Gasteiger partial charge in [0.05, 0.1) is 24.5 Å². The highest BCUT2D eigenvalue weighted by atomic mass is 32.2. The molecule has 0 saturated carbocycles. The predicted molar refractivity (Wildman–Crippen MR) is 136 cm³/mol. The van der Waals surface area contributed by atoms with Gasteiger partial charge in [0.2, 0.25) is 0 Å². The number of anilines is 2. The first-order valence-electron chi connectivity index (χ1n) is 11.1. The summed E-state index contributed by atoms with van der Waals surface area (Å²) in [5.74, 6) is 3.48. The van der Waals surface area contributed by atoms with E-state index in [1.807, 2.05) is 29.2 Å². The summed E-state index contributed by atoms with van der Waals surface area (Å²) in [6, 6.07) is 16.3. The van der Waals surface area contributed by atoms with Crippen molar-refractivity contribution in [2.24, 2.45) is 16.5 Å². The van der Waals surface area contributed by atoms with Crippen LogP contribution in [-0.2, 0) is 11.2 Å². The van der Waals surface area contributed by atoms with E-state index in [0.717, 1.165) is 66.9 Å². The van der Waals surface area contributed by atoms with Gasteiger partial charge in [-0.3, -0.25) is 9.80 Å². The third-order valence-corrected chi connectivity index (χ3v) is 7.30. The van der Waals surface area contributed by atoms with Crippen molar-refractivity contribution in [2.75, 3.05) is 42.6 Å². The van der Waals surface area contributed by atoms with E-state index in [9.17, 15) is 0 Å². The van der Waals surface area contributed by atoms with Gasteiger partial charge in [-0.1, -0.05) is 35.9 Å². The molecule has 2 unspecified atom stereocenters. The second-order valence-electron chi connectivity index (χ2n) is 8.23. The van der Waals surface area contributed by atoms with Gasteiger partial charge in [-0.25, -0.2) is 4.99 Å². The third kappa shape index (κ3) is 4.51. The summed E-state index contributed by atoms with van der Waals surface area (Å²) >= 11 is 1.55. The topological polar surface area (TPSA) is 83.3 Å². The van der Waals surface area contributed by atoms with E-state index in [2.05, 4.69) is 40.0 Å². The average Bonchev–Trinajstić information content (AvgIpc) is 3.21. The molecule has 3 heterocycles. The monoisotopic (exact) mass is 460 g/mol. The average molecular weight is 461 g/mol. The number of terminal acetylenes is 1. The van der Waals surface area contributed by atoms with Crippen molar-refractivity contribution in [3.63, 3.8) is 0 Å². The molecule has 0 amide bonds. The molecule has 4 N–H and O–H groups in total. The zero-order valence-corrected chi connectivity index (χ0v) is 19.2. The van der Waals surface area contributed by atoms with Crippen molar-refractivity contribution in [2.45, 2.75) is 18.1 Å². The van der Waals surface area contributed by atoms with Crippen molar-refractivity contribution < 1.29 is 4.74 Å². The second kappa shape index (κ2) is 9.59. The summed E-state index contributed by atoms with van der Waals surface area (Å²) in [6.45, 7) is 4.73. The molecule has 0 aromatic heterocycles. The molecular weight excluding hydrogens is 432 g/mol. The number of nitrogens with zero attached hydrogens (tertiary/aromatic N) is 4. The third-order valence-electron chi connectivity index (χ3n) is 6.17. The first kappa shape index (κ1) is 22.0. The van der Waals surface area contributed by atoms with E-state index < -0.39 is 0 Å². The van der Waals surface area contributed by atoms with Crippen LogP contribution in [0.2, 0.25) is 0 Å². The van der Waals surface area contributed by atoms with E-state index in [-0.39, 0.29) is 11.7 Å². The Balaban J connectivity index is 1.31. The lowest BCUT2D eigenvalue weighted by Gasteiger charge is -2.31. The van der Waals surface area contributed by atoms with Gasteiger partial charge in [0.1, 0.15) is 17.5 Å². The summed E-state index contributed by atoms with van der Waals surface area (Å²) in [7, 11) is 0. The van der Waals surface area contributed by atoms with Crippen LogP contribution in [0.25, 0.3) is 0 Å². The minimum absolute atomic E-state index is 0.283. The van der Waals surface area contributed by atoms with Crippen LogP contribution in [0.3, 0.4) is 0 Å². The van der Waals surface area contributed by atoms with Gasteiger partial charge in [0.25, 0.3) is 0 Å². The number of hydrogen-bond acceptors (Lipinski definition) is 8. The maximum atomic E-state index is 6.63. The Labute approximate surface area is 199 Å². The predicted octanol–water partition coefficient (Wildman–Crippen LogP) is 2.34. The molecule has 3 aliphatic rings. The molecule has 2 aromatic rings. The Hall–Kier alpha value is -2.80. The van der Waals surface area contributed by atoms with E-state index in [0.29, 0.717) is 0 Å². The fourth-order valence-corrected chi connectivity index (χ4v) is 5.40. The maximum Gasteiger partial charge on any atom is 0.150 e. The lowest BCUT2D eigenvalue weighted by atomic mass is 10.1. The summed E-state index contributed by atoms with van der Waals surface area (Å²) in [4.78, 5) is 12.1. The van der Waals surface area contributed by atoms with E-state index in [4.69, 9.17) is 27.6 Å². The number of rotatable bonds is 5. The van der Waals surface area contributed by atoms with Crippen LogP contribution < -0.4 is 21.3 Å². The number of nitrogens with two attached hydrogens (primary N) is 2. The number of hydrogen-bond donors (Lipinski definition) is 2. The first-order chi connectivity index (χ1) is 16.1. The Morgan fingerprint density at radius 2 is 1.88 bits per heavy atom. The number of benzene rings is 2. The molecule has 0 aliphatic carbocycles. The molecule has 0 bridgehead atoms. The lowest BCUT2D eigenvalue weighted by molar-refractivity contribution is 0.0384. The summed E-state index contributed by atoms with van der Waals surface area (Å²) in [5.41, 5.74) is 16.9. The van der Waals surface area contributed by atoms with Gasteiger partial charge >= 0.3 is 0 Å². The van der Waals surface area contributed by atoms with Gasteiger partial charge in [0.15, 0.2) is 0 Å². The van der Waals surface area contributed by atoms with Gasteiger partial charge in [-0.2, -0.15) is 0 Å². The van der Waals surface area contributed by atoms with Crippen molar-refractivity contribution in [3.8, 4) is 12.3 Å². The molecule has 2 aromatic carbocycles. The molecule has 0 radical (unpaired) electrons. The van der Waals surface area contributed by atoms with Crippen LogP contribution in [-0.4, -0.2) is 55.8 Å². The van der Waals surface area contributed by atoms with Gasteiger partial charge in [-0.15, -0.1) is 6.42 Å². The number of ether oxygens (including phenoxy) is 1. The molecular formula is C25H28N6OS. The SMILES string of the molecule is C#Cc1cccc(N2C=NC3=C(SC(N)N3c3ccc(CCN4CCOCC4)cc3)C2N)c1. The van der Waals surface area contributed by atoms with Crippen LogP contribution in [0.4, 0.5) is 11.4 Å². The van der Waals surface area contributed by atoms with E-state index >= 15 is 0 Å². The highest BCUT2D eigenvalue weighted by Gasteiger charge is 2.38. The molecule has 7 nitrogen and oxygen atoms in total. The van der Waals surface area contributed by atoms with Gasteiger partial charge in [-0.05, 0) is 42.3 Å². The minimum atomic E-state index is -0.376. The molecule has 2 atom stereocenters. The van der Waals surface area contributed by atoms with Crippen LogP contribution in [0.5, 0.6) is 0 Å². The van der Waals surface area contributed by atoms with E-state index in [1.165, 1.54) is 5.56 Å². The van der Waals surface area contributed by atoms with Crippen LogP contribution in [0.15, 0.2) is 64.2 Å². The molecule has 170 valence electrons. The van der Waals surface area contributed by atoms with Crippen molar-refractivity contribution in [1.82, 2.24) is 4.90 Å². The standard InChI is InChI=1S/C25H28N6OS/c1-2-18-4-3-5-21(16-18)30-17-28-24-22(23(30)26)33-25(27)31(24)20-8-6-19(7-9-20)10-11-29-12-14-32-15-13-29/h1,3-9,16-17,23,25H,10-15,26-27H2. The van der Waals surface area contributed by atoms with E-state index in [1.54, 1.807) is 18.1 Å². The summed E-state index contributed by atoms with van der Waals surface area (Å²) in [5, 5.41) is 0. The van der Waals surface area contributed by atoms with Gasteiger partial charge < -0.3 is 21.1 Å². The lowest BCUT2D eigenvalue weighted by Crippen LogP contribution is -2.44. The molecule has 0 spiro atoms.